The number of carbonyl (C=O) groups excluding carboxylic acids is 1. The van der Waals surface area contributed by atoms with E-state index in [0.29, 0.717) is 13.0 Å². The van der Waals surface area contributed by atoms with Crippen molar-refractivity contribution in [3.63, 3.8) is 0 Å². The van der Waals surface area contributed by atoms with Gasteiger partial charge in [0.25, 0.3) is 0 Å². The second-order valence-electron chi connectivity index (χ2n) is 4.91. The number of rotatable bonds is 6. The van der Waals surface area contributed by atoms with Crippen LogP contribution in [0.4, 0.5) is 0 Å². The molecule has 0 saturated heterocycles. The fourth-order valence-corrected chi connectivity index (χ4v) is 2.01. The summed E-state index contributed by atoms with van der Waals surface area (Å²) in [6.45, 7) is 4.81. The van der Waals surface area contributed by atoms with E-state index in [1.165, 1.54) is 5.56 Å². The molecule has 0 aliphatic rings. The highest BCUT2D eigenvalue weighted by Gasteiger charge is 2.03. The Hall–Kier alpha value is -1.84. The number of unbranched alkanes of at least 4 members (excludes halogenated alkanes) is 1. The summed E-state index contributed by atoms with van der Waals surface area (Å²) in [5, 5.41) is 2.93. The summed E-state index contributed by atoms with van der Waals surface area (Å²) in [4.78, 5) is 16.0. The first-order valence-corrected chi connectivity index (χ1v) is 6.90. The molecule has 0 bridgehead atoms. The number of nitrogens with zero attached hydrogens (tertiary/aromatic N) is 2. The van der Waals surface area contributed by atoms with Crippen molar-refractivity contribution in [3.05, 3.63) is 35.8 Å². The molecule has 0 aliphatic carbocycles. The molecule has 0 aliphatic heterocycles. The van der Waals surface area contributed by atoms with Gasteiger partial charge in [-0.1, -0.05) is 13.3 Å². The molecule has 0 aromatic carbocycles. The van der Waals surface area contributed by atoms with Crippen LogP contribution in [0.5, 0.6) is 0 Å². The van der Waals surface area contributed by atoms with Gasteiger partial charge >= 0.3 is 0 Å². The predicted molar refractivity (Wildman–Crippen MR) is 76.2 cm³/mol. The molecule has 2 aromatic rings. The fourth-order valence-electron chi connectivity index (χ4n) is 2.01. The molecule has 0 atom stereocenters. The maximum atomic E-state index is 11.5. The van der Waals surface area contributed by atoms with E-state index in [2.05, 4.69) is 36.3 Å². The third kappa shape index (κ3) is 3.81. The van der Waals surface area contributed by atoms with Gasteiger partial charge in [0.2, 0.25) is 5.91 Å². The van der Waals surface area contributed by atoms with E-state index in [4.69, 9.17) is 0 Å². The molecule has 2 heterocycles. The summed E-state index contributed by atoms with van der Waals surface area (Å²) in [5.74, 6) is 0.140. The molecule has 0 radical (unpaired) electrons. The Morgan fingerprint density at radius 1 is 1.47 bits per heavy atom. The normalized spacial score (nSPS) is 10.8. The minimum Gasteiger partial charge on any atom is -0.356 e. The van der Waals surface area contributed by atoms with Crippen molar-refractivity contribution in [3.8, 4) is 0 Å². The van der Waals surface area contributed by atoms with E-state index in [0.717, 1.165) is 30.6 Å². The third-order valence-corrected chi connectivity index (χ3v) is 3.13. The zero-order chi connectivity index (χ0) is 13.7. The number of fused-ring (bicyclic) bond motifs is 1. The van der Waals surface area contributed by atoms with Gasteiger partial charge in [-0.3, -0.25) is 4.79 Å². The zero-order valence-corrected chi connectivity index (χ0v) is 11.6. The predicted octanol–water partition coefficient (Wildman–Crippen LogP) is 2.49. The monoisotopic (exact) mass is 259 g/mol. The maximum Gasteiger partial charge on any atom is 0.220 e. The van der Waals surface area contributed by atoms with Crippen molar-refractivity contribution >= 4 is 11.6 Å². The Morgan fingerprint density at radius 3 is 3.11 bits per heavy atom. The van der Waals surface area contributed by atoms with Crippen LogP contribution in [-0.2, 0) is 11.2 Å². The van der Waals surface area contributed by atoms with Crippen LogP contribution in [0.2, 0.25) is 0 Å². The van der Waals surface area contributed by atoms with Gasteiger partial charge in [-0.05, 0) is 31.0 Å². The van der Waals surface area contributed by atoms with Crippen molar-refractivity contribution in [1.82, 2.24) is 14.7 Å². The van der Waals surface area contributed by atoms with E-state index in [1.54, 1.807) is 0 Å². The fraction of sp³-hybridized carbons (Fsp3) is 0.467. The van der Waals surface area contributed by atoms with Gasteiger partial charge in [0.15, 0.2) is 0 Å². The van der Waals surface area contributed by atoms with Crippen molar-refractivity contribution in [2.75, 3.05) is 6.54 Å². The minimum atomic E-state index is 0.140. The Bertz CT molecular complexity index is 560. The lowest BCUT2D eigenvalue weighted by atomic mass is 10.2. The van der Waals surface area contributed by atoms with Gasteiger partial charge in [0, 0.05) is 31.8 Å². The molecular formula is C15H21N3O. The summed E-state index contributed by atoms with van der Waals surface area (Å²) >= 11 is 0. The standard InChI is InChI=1S/C15H21N3O/c1-3-4-5-15(19)16-8-6-13-11-18-9-7-12(2)10-14(18)17-13/h7,9-11H,3-6,8H2,1-2H3,(H,16,19). The molecule has 0 saturated carbocycles. The van der Waals surface area contributed by atoms with Crippen LogP contribution >= 0.6 is 0 Å². The van der Waals surface area contributed by atoms with Crippen molar-refractivity contribution in [1.29, 1.82) is 0 Å². The highest BCUT2D eigenvalue weighted by atomic mass is 16.1. The van der Waals surface area contributed by atoms with Crippen molar-refractivity contribution in [2.45, 2.75) is 39.5 Å². The van der Waals surface area contributed by atoms with Gasteiger partial charge in [-0.2, -0.15) is 0 Å². The van der Waals surface area contributed by atoms with E-state index in [1.807, 2.05) is 16.8 Å². The number of pyridine rings is 1. The average molecular weight is 259 g/mol. The van der Waals surface area contributed by atoms with E-state index < -0.39 is 0 Å². The molecule has 0 unspecified atom stereocenters. The number of hydrogen-bond acceptors (Lipinski definition) is 2. The largest absolute Gasteiger partial charge is 0.356 e. The Morgan fingerprint density at radius 2 is 2.32 bits per heavy atom. The van der Waals surface area contributed by atoms with Crippen LogP contribution < -0.4 is 5.32 Å². The second-order valence-corrected chi connectivity index (χ2v) is 4.91. The summed E-state index contributed by atoms with van der Waals surface area (Å²) in [6, 6.07) is 4.12. The third-order valence-electron chi connectivity index (χ3n) is 3.13. The molecule has 2 rings (SSSR count). The van der Waals surface area contributed by atoms with E-state index >= 15 is 0 Å². The highest BCUT2D eigenvalue weighted by Crippen LogP contribution is 2.07. The first kappa shape index (κ1) is 13.6. The van der Waals surface area contributed by atoms with E-state index in [9.17, 15) is 4.79 Å². The number of amides is 1. The zero-order valence-electron chi connectivity index (χ0n) is 11.6. The SMILES string of the molecule is CCCCC(=O)NCCc1cn2ccc(C)cc2n1. The summed E-state index contributed by atoms with van der Waals surface area (Å²) in [7, 11) is 0. The summed E-state index contributed by atoms with van der Waals surface area (Å²) in [6.07, 6.45) is 7.45. The van der Waals surface area contributed by atoms with Gasteiger partial charge < -0.3 is 9.72 Å². The molecule has 4 heteroatoms. The lowest BCUT2D eigenvalue weighted by molar-refractivity contribution is -0.121. The van der Waals surface area contributed by atoms with Crippen LogP contribution in [0.15, 0.2) is 24.5 Å². The molecule has 0 fully saturated rings. The Labute approximate surface area is 113 Å². The van der Waals surface area contributed by atoms with Gasteiger partial charge in [0.05, 0.1) is 5.69 Å². The van der Waals surface area contributed by atoms with Gasteiger partial charge in [-0.25, -0.2) is 4.98 Å². The summed E-state index contributed by atoms with van der Waals surface area (Å²) < 4.78 is 2.02. The van der Waals surface area contributed by atoms with Crippen LogP contribution in [0.25, 0.3) is 5.65 Å². The van der Waals surface area contributed by atoms with Gasteiger partial charge in [0.1, 0.15) is 5.65 Å². The number of aromatic nitrogens is 2. The Balaban J connectivity index is 1.86. The first-order chi connectivity index (χ1) is 9.19. The molecule has 102 valence electrons. The molecular weight excluding hydrogens is 238 g/mol. The molecule has 2 aromatic heterocycles. The van der Waals surface area contributed by atoms with E-state index in [-0.39, 0.29) is 5.91 Å². The lowest BCUT2D eigenvalue weighted by Crippen LogP contribution is -2.25. The number of aryl methyl sites for hydroxylation is 1. The average Bonchev–Trinajstić information content (AvgIpc) is 2.78. The minimum absolute atomic E-state index is 0.140. The number of nitrogens with one attached hydrogen (secondary N) is 1. The molecule has 1 N–H and O–H groups in total. The van der Waals surface area contributed by atoms with Crippen molar-refractivity contribution < 1.29 is 4.79 Å². The second kappa shape index (κ2) is 6.36. The topological polar surface area (TPSA) is 46.4 Å². The molecule has 4 nitrogen and oxygen atoms in total. The summed E-state index contributed by atoms with van der Waals surface area (Å²) in [5.41, 5.74) is 3.19. The van der Waals surface area contributed by atoms with Crippen LogP contribution in [0.1, 0.15) is 37.4 Å². The van der Waals surface area contributed by atoms with Gasteiger partial charge in [-0.15, -0.1) is 0 Å². The smallest absolute Gasteiger partial charge is 0.220 e. The molecule has 0 spiro atoms. The molecule has 19 heavy (non-hydrogen) atoms. The molecule has 1 amide bonds. The number of hydrogen-bond donors (Lipinski definition) is 1. The van der Waals surface area contributed by atoms with Crippen LogP contribution in [0.3, 0.4) is 0 Å². The lowest BCUT2D eigenvalue weighted by Gasteiger charge is -2.02. The number of imidazole rings is 1. The Kier molecular flexibility index (Phi) is 4.55. The quantitative estimate of drug-likeness (QED) is 0.866. The van der Waals surface area contributed by atoms with Crippen LogP contribution in [-0.4, -0.2) is 21.8 Å². The van der Waals surface area contributed by atoms with Crippen LogP contribution in [0, 0.1) is 6.92 Å². The highest BCUT2D eigenvalue weighted by molar-refractivity contribution is 5.75. The van der Waals surface area contributed by atoms with Crippen molar-refractivity contribution in [2.24, 2.45) is 0 Å². The number of carbonyl (C=O) groups is 1. The maximum absolute atomic E-state index is 11.5. The first-order valence-electron chi connectivity index (χ1n) is 6.90.